The van der Waals surface area contributed by atoms with Gasteiger partial charge in [0.25, 0.3) is 0 Å². The lowest BCUT2D eigenvalue weighted by Crippen LogP contribution is -2.37. The molecule has 0 bridgehead atoms. The van der Waals surface area contributed by atoms with Crippen molar-refractivity contribution in [1.82, 2.24) is 19.8 Å². The Morgan fingerprint density at radius 2 is 1.82 bits per heavy atom. The number of hydrogen-bond donors (Lipinski definition) is 0. The van der Waals surface area contributed by atoms with Crippen LogP contribution in [-0.4, -0.2) is 65.2 Å². The molecule has 0 N–H and O–H groups in total. The minimum absolute atomic E-state index is 0.353. The van der Waals surface area contributed by atoms with E-state index in [1.165, 1.54) is 32.4 Å². The van der Waals surface area contributed by atoms with Crippen molar-refractivity contribution in [1.29, 1.82) is 0 Å². The lowest BCUT2D eigenvalue weighted by atomic mass is 9.96. The van der Waals surface area contributed by atoms with Gasteiger partial charge < -0.3 is 9.80 Å². The van der Waals surface area contributed by atoms with E-state index in [0.717, 1.165) is 73.5 Å². The van der Waals surface area contributed by atoms with Crippen molar-refractivity contribution in [2.45, 2.75) is 44.6 Å². The summed E-state index contributed by atoms with van der Waals surface area (Å²) < 4.78 is 16.6. The maximum absolute atomic E-state index is 16.6. The second-order valence-electron chi connectivity index (χ2n) is 11.1. The normalized spacial score (nSPS) is 19.9. The summed E-state index contributed by atoms with van der Waals surface area (Å²) in [6.45, 7) is 6.42. The molecule has 0 spiro atoms. The standard InChI is InChI=1S/C31H33ClFN5/c32-26-18-25-30(29(33)28(26)24-12-5-9-21-8-1-2-11-23(21)24)34-27(13-3-4-14-36-15-7-16-36)35-31(25)38-19-22-10-6-17-37(22)20-38/h1-2,5,8-9,11-12,18,22H,3-4,6-7,10,13-17,19-20H2. The molecule has 3 aliphatic rings. The Labute approximate surface area is 228 Å². The van der Waals surface area contributed by atoms with Gasteiger partial charge in [-0.15, -0.1) is 0 Å². The predicted molar refractivity (Wildman–Crippen MR) is 153 cm³/mol. The van der Waals surface area contributed by atoms with Gasteiger partial charge in [-0.2, -0.15) is 0 Å². The summed E-state index contributed by atoms with van der Waals surface area (Å²) in [6.07, 6.45) is 6.64. The Balaban J connectivity index is 1.31. The van der Waals surface area contributed by atoms with Crippen LogP contribution in [0.2, 0.25) is 5.02 Å². The van der Waals surface area contributed by atoms with Gasteiger partial charge in [-0.05, 0) is 74.1 Å². The minimum atomic E-state index is -0.353. The Morgan fingerprint density at radius 3 is 2.66 bits per heavy atom. The lowest BCUT2D eigenvalue weighted by molar-refractivity contribution is 0.178. The first-order chi connectivity index (χ1) is 18.7. The molecule has 5 nitrogen and oxygen atoms in total. The zero-order chi connectivity index (χ0) is 25.6. The number of aromatic nitrogens is 2. The summed E-state index contributed by atoms with van der Waals surface area (Å²) in [6, 6.07) is 16.5. The van der Waals surface area contributed by atoms with Crippen LogP contribution >= 0.6 is 11.6 Å². The fourth-order valence-electron chi connectivity index (χ4n) is 6.46. The molecule has 0 amide bonds. The minimum Gasteiger partial charge on any atom is -0.341 e. The number of hydrogen-bond acceptors (Lipinski definition) is 5. The molecule has 4 aromatic rings. The van der Waals surface area contributed by atoms with Crippen LogP contribution in [0.15, 0.2) is 48.5 Å². The van der Waals surface area contributed by atoms with Crippen LogP contribution in [0.3, 0.4) is 0 Å². The number of rotatable bonds is 7. The van der Waals surface area contributed by atoms with E-state index in [9.17, 15) is 0 Å². The van der Waals surface area contributed by atoms with Gasteiger partial charge >= 0.3 is 0 Å². The van der Waals surface area contributed by atoms with Gasteiger partial charge in [0.2, 0.25) is 0 Å². The third-order valence-electron chi connectivity index (χ3n) is 8.62. The molecular weight excluding hydrogens is 497 g/mol. The van der Waals surface area contributed by atoms with Crippen molar-refractivity contribution in [3.05, 3.63) is 65.2 Å². The Kier molecular flexibility index (Phi) is 6.42. The van der Waals surface area contributed by atoms with Crippen molar-refractivity contribution in [3.63, 3.8) is 0 Å². The molecule has 7 heteroatoms. The Morgan fingerprint density at radius 1 is 0.947 bits per heavy atom. The second kappa shape index (κ2) is 10.1. The van der Waals surface area contributed by atoms with Gasteiger partial charge in [-0.1, -0.05) is 54.1 Å². The zero-order valence-electron chi connectivity index (χ0n) is 21.7. The SMILES string of the molecule is Fc1c(-c2cccc3ccccc23)c(Cl)cc2c(N3CC4CCCN4C3)nc(CCCCN3CCC3)nc12. The van der Waals surface area contributed by atoms with Gasteiger partial charge in [0.05, 0.1) is 11.7 Å². The van der Waals surface area contributed by atoms with E-state index >= 15 is 4.39 Å². The fourth-order valence-corrected chi connectivity index (χ4v) is 6.76. The highest BCUT2D eigenvalue weighted by atomic mass is 35.5. The van der Waals surface area contributed by atoms with E-state index in [4.69, 9.17) is 21.6 Å². The summed E-state index contributed by atoms with van der Waals surface area (Å²) in [5.74, 6) is 1.20. The lowest BCUT2D eigenvalue weighted by Gasteiger charge is -2.30. The van der Waals surface area contributed by atoms with Gasteiger partial charge in [-0.25, -0.2) is 14.4 Å². The number of aryl methyl sites for hydroxylation is 1. The highest BCUT2D eigenvalue weighted by molar-refractivity contribution is 6.35. The Hall–Kier alpha value is -2.80. The first-order valence-electron chi connectivity index (χ1n) is 14.0. The molecule has 0 radical (unpaired) electrons. The molecule has 0 saturated carbocycles. The molecule has 3 fully saturated rings. The van der Waals surface area contributed by atoms with E-state index < -0.39 is 0 Å². The van der Waals surface area contributed by atoms with Crippen LogP contribution in [0, 0.1) is 5.82 Å². The number of unbranched alkanes of at least 4 members (excludes halogenated alkanes) is 1. The van der Waals surface area contributed by atoms with Crippen molar-refractivity contribution in [3.8, 4) is 11.1 Å². The van der Waals surface area contributed by atoms with Crippen LogP contribution < -0.4 is 4.90 Å². The van der Waals surface area contributed by atoms with Gasteiger partial charge in [0, 0.05) is 36.5 Å². The summed E-state index contributed by atoms with van der Waals surface area (Å²) in [5, 5.41) is 3.15. The number of likely N-dealkylation sites (tertiary alicyclic amines) is 1. The summed E-state index contributed by atoms with van der Waals surface area (Å²) >= 11 is 6.88. The molecule has 0 aliphatic carbocycles. The zero-order valence-corrected chi connectivity index (χ0v) is 22.4. The highest BCUT2D eigenvalue weighted by Gasteiger charge is 2.35. The molecule has 3 aliphatic heterocycles. The van der Waals surface area contributed by atoms with Crippen LogP contribution in [0.1, 0.15) is 37.9 Å². The molecule has 1 unspecified atom stereocenters. The van der Waals surface area contributed by atoms with E-state index in [0.29, 0.717) is 27.5 Å². The number of anilines is 1. The quantitative estimate of drug-likeness (QED) is 0.255. The third kappa shape index (κ3) is 4.33. The largest absolute Gasteiger partial charge is 0.341 e. The smallest absolute Gasteiger partial charge is 0.158 e. The van der Waals surface area contributed by atoms with E-state index in [2.05, 4.69) is 14.7 Å². The van der Waals surface area contributed by atoms with E-state index in [1.54, 1.807) is 0 Å². The maximum Gasteiger partial charge on any atom is 0.158 e. The first-order valence-corrected chi connectivity index (χ1v) is 14.4. The fraction of sp³-hybridized carbons (Fsp3) is 0.419. The van der Waals surface area contributed by atoms with E-state index in [1.807, 2.05) is 48.5 Å². The van der Waals surface area contributed by atoms with Crippen molar-refractivity contribution >= 4 is 39.1 Å². The monoisotopic (exact) mass is 529 g/mol. The molecule has 3 aromatic carbocycles. The molecule has 1 atom stereocenters. The summed E-state index contributed by atoms with van der Waals surface area (Å²) in [4.78, 5) is 17.2. The molecule has 3 saturated heterocycles. The van der Waals surface area contributed by atoms with Crippen LogP contribution in [0.5, 0.6) is 0 Å². The number of benzene rings is 3. The Bertz CT molecular complexity index is 1490. The molecule has 196 valence electrons. The predicted octanol–water partition coefficient (Wildman–Crippen LogP) is 6.51. The van der Waals surface area contributed by atoms with Crippen LogP contribution in [0.4, 0.5) is 10.2 Å². The number of fused-ring (bicyclic) bond motifs is 3. The molecule has 38 heavy (non-hydrogen) atoms. The van der Waals surface area contributed by atoms with Gasteiger partial charge in [-0.3, -0.25) is 4.90 Å². The maximum atomic E-state index is 16.6. The van der Waals surface area contributed by atoms with Gasteiger partial charge in [0.1, 0.15) is 17.2 Å². The second-order valence-corrected chi connectivity index (χ2v) is 11.5. The number of nitrogens with zero attached hydrogens (tertiary/aromatic N) is 5. The molecule has 1 aromatic heterocycles. The van der Waals surface area contributed by atoms with E-state index in [-0.39, 0.29) is 5.82 Å². The highest BCUT2D eigenvalue weighted by Crippen LogP contribution is 2.41. The van der Waals surface area contributed by atoms with Gasteiger partial charge in [0.15, 0.2) is 5.82 Å². The summed E-state index contributed by atoms with van der Waals surface area (Å²) in [7, 11) is 0. The van der Waals surface area contributed by atoms with Crippen molar-refractivity contribution < 1.29 is 4.39 Å². The van der Waals surface area contributed by atoms with Crippen LogP contribution in [-0.2, 0) is 6.42 Å². The molecule has 4 heterocycles. The number of halogens is 2. The third-order valence-corrected chi connectivity index (χ3v) is 8.92. The molecular formula is C31H33ClFN5. The average molecular weight is 530 g/mol. The first kappa shape index (κ1) is 24.3. The van der Waals surface area contributed by atoms with Crippen molar-refractivity contribution in [2.75, 3.05) is 44.3 Å². The molecule has 7 rings (SSSR count). The van der Waals surface area contributed by atoms with Crippen molar-refractivity contribution in [2.24, 2.45) is 0 Å². The average Bonchev–Trinajstić information content (AvgIpc) is 3.50. The summed E-state index contributed by atoms with van der Waals surface area (Å²) in [5.41, 5.74) is 1.60. The van der Waals surface area contributed by atoms with Crippen LogP contribution in [0.25, 0.3) is 32.8 Å². The topological polar surface area (TPSA) is 35.5 Å².